The first kappa shape index (κ1) is 19.2. The molecule has 0 bridgehead atoms. The SMILES string of the molecule is C/C(=C/c1cc(Br)cc(Br)c1OCc1ccc(Cl)cc1Cl)[N+](=O)[O-]. The average molecular weight is 496 g/mol. The van der Waals surface area contributed by atoms with Gasteiger partial charge >= 0.3 is 0 Å². The average Bonchev–Trinajstić information content (AvgIpc) is 2.47. The van der Waals surface area contributed by atoms with E-state index in [0.717, 1.165) is 10.0 Å². The molecule has 0 spiro atoms. The number of benzene rings is 2. The number of halogens is 4. The lowest BCUT2D eigenvalue weighted by Gasteiger charge is -2.13. The predicted octanol–water partition coefficient (Wildman–Crippen LogP) is 6.73. The Bertz CT molecular complexity index is 825. The van der Waals surface area contributed by atoms with Crippen LogP contribution in [0.5, 0.6) is 5.75 Å². The molecular formula is C16H11Br2Cl2NO3. The minimum Gasteiger partial charge on any atom is -0.487 e. The largest absolute Gasteiger partial charge is 0.487 e. The number of nitro groups is 1. The van der Waals surface area contributed by atoms with Crippen LogP contribution in [0.4, 0.5) is 0 Å². The van der Waals surface area contributed by atoms with Crippen LogP contribution in [-0.4, -0.2) is 4.92 Å². The van der Waals surface area contributed by atoms with Gasteiger partial charge in [0.1, 0.15) is 12.4 Å². The Kier molecular flexibility index (Phi) is 6.69. The minimum atomic E-state index is -0.450. The molecule has 0 heterocycles. The number of rotatable bonds is 5. The second-order valence-corrected chi connectivity index (χ2v) is 7.49. The molecule has 0 saturated carbocycles. The second-order valence-electron chi connectivity index (χ2n) is 4.87. The standard InChI is InChI=1S/C16H11Br2Cl2NO3/c1-9(21(22)23)4-11-5-12(17)6-14(18)16(11)24-8-10-2-3-13(19)7-15(10)20/h2-7H,8H2,1H3/b9-4-. The van der Waals surface area contributed by atoms with E-state index in [1.807, 2.05) is 0 Å². The number of hydrogen-bond donors (Lipinski definition) is 0. The van der Waals surface area contributed by atoms with Crippen LogP contribution in [-0.2, 0) is 6.61 Å². The zero-order valence-electron chi connectivity index (χ0n) is 12.4. The second kappa shape index (κ2) is 8.34. The fourth-order valence-electron chi connectivity index (χ4n) is 1.91. The summed E-state index contributed by atoms with van der Waals surface area (Å²) in [6.07, 6.45) is 1.45. The fourth-order valence-corrected chi connectivity index (χ4v) is 3.74. The number of hydrogen-bond acceptors (Lipinski definition) is 3. The van der Waals surface area contributed by atoms with Gasteiger partial charge in [-0.3, -0.25) is 10.1 Å². The van der Waals surface area contributed by atoms with E-state index in [0.29, 0.717) is 25.8 Å². The fraction of sp³-hybridized carbons (Fsp3) is 0.125. The molecule has 0 aliphatic carbocycles. The first-order chi connectivity index (χ1) is 11.3. The van der Waals surface area contributed by atoms with Crippen LogP contribution in [0.15, 0.2) is 45.0 Å². The van der Waals surface area contributed by atoms with Crippen molar-refractivity contribution in [3.8, 4) is 5.75 Å². The van der Waals surface area contributed by atoms with Gasteiger partial charge in [0.05, 0.1) is 9.40 Å². The summed E-state index contributed by atoms with van der Waals surface area (Å²) in [5.74, 6) is 0.491. The molecule has 0 saturated heterocycles. The zero-order valence-corrected chi connectivity index (χ0v) is 17.0. The molecule has 0 unspecified atom stereocenters. The topological polar surface area (TPSA) is 52.4 Å². The molecule has 0 amide bonds. The Labute approximate surface area is 165 Å². The summed E-state index contributed by atoms with van der Waals surface area (Å²) in [6.45, 7) is 1.63. The molecule has 8 heteroatoms. The Hall–Kier alpha value is -1.08. The van der Waals surface area contributed by atoms with Crippen molar-refractivity contribution in [1.29, 1.82) is 0 Å². The van der Waals surface area contributed by atoms with Crippen molar-refractivity contribution in [3.63, 3.8) is 0 Å². The van der Waals surface area contributed by atoms with Crippen molar-refractivity contribution >= 4 is 61.1 Å². The van der Waals surface area contributed by atoms with E-state index in [4.69, 9.17) is 27.9 Å². The molecule has 0 aliphatic heterocycles. The number of nitrogens with zero attached hydrogens (tertiary/aromatic N) is 1. The van der Waals surface area contributed by atoms with Crippen molar-refractivity contribution < 1.29 is 9.66 Å². The van der Waals surface area contributed by atoms with Gasteiger partial charge in [-0.05, 0) is 40.2 Å². The van der Waals surface area contributed by atoms with E-state index in [1.165, 1.54) is 13.0 Å². The summed E-state index contributed by atoms with van der Waals surface area (Å²) < 4.78 is 7.29. The third-order valence-corrected chi connectivity index (χ3v) is 4.71. The lowest BCUT2D eigenvalue weighted by atomic mass is 10.1. The maximum atomic E-state index is 10.9. The summed E-state index contributed by atoms with van der Waals surface area (Å²) in [7, 11) is 0. The summed E-state index contributed by atoms with van der Waals surface area (Å²) in [6, 6.07) is 8.68. The lowest BCUT2D eigenvalue weighted by molar-refractivity contribution is -0.422. The van der Waals surface area contributed by atoms with Gasteiger partial charge in [-0.2, -0.15) is 0 Å². The van der Waals surface area contributed by atoms with Crippen LogP contribution in [0.25, 0.3) is 6.08 Å². The van der Waals surface area contributed by atoms with Gasteiger partial charge in [-0.25, -0.2) is 0 Å². The highest BCUT2D eigenvalue weighted by molar-refractivity contribution is 9.11. The van der Waals surface area contributed by atoms with Crippen LogP contribution < -0.4 is 4.74 Å². The Morgan fingerprint density at radius 3 is 2.62 bits per heavy atom. The van der Waals surface area contributed by atoms with Crippen molar-refractivity contribution in [1.82, 2.24) is 0 Å². The first-order valence-corrected chi connectivity index (χ1v) is 9.00. The summed E-state index contributed by atoms with van der Waals surface area (Å²) in [5, 5.41) is 11.9. The zero-order chi connectivity index (χ0) is 17.9. The monoisotopic (exact) mass is 493 g/mol. The van der Waals surface area contributed by atoms with Crippen LogP contribution in [0, 0.1) is 10.1 Å². The minimum absolute atomic E-state index is 0.00868. The highest BCUT2D eigenvalue weighted by atomic mass is 79.9. The molecule has 0 aliphatic rings. The molecule has 126 valence electrons. The molecule has 0 aromatic heterocycles. The van der Waals surface area contributed by atoms with Crippen LogP contribution in [0.2, 0.25) is 10.0 Å². The highest BCUT2D eigenvalue weighted by Crippen LogP contribution is 2.35. The maximum Gasteiger partial charge on any atom is 0.243 e. The highest BCUT2D eigenvalue weighted by Gasteiger charge is 2.13. The van der Waals surface area contributed by atoms with E-state index in [9.17, 15) is 10.1 Å². The van der Waals surface area contributed by atoms with E-state index in [-0.39, 0.29) is 12.3 Å². The molecule has 0 radical (unpaired) electrons. The van der Waals surface area contributed by atoms with E-state index in [2.05, 4.69) is 31.9 Å². The third kappa shape index (κ3) is 4.96. The third-order valence-electron chi connectivity index (χ3n) is 3.08. The van der Waals surface area contributed by atoms with Gasteiger partial charge in [-0.15, -0.1) is 0 Å². The smallest absolute Gasteiger partial charge is 0.243 e. The van der Waals surface area contributed by atoms with Crippen LogP contribution >= 0.6 is 55.1 Å². The Balaban J connectivity index is 2.35. The van der Waals surface area contributed by atoms with Gasteiger partial charge in [-0.1, -0.05) is 45.2 Å². The summed E-state index contributed by atoms with van der Waals surface area (Å²) in [5.41, 5.74) is 1.35. The number of ether oxygens (including phenoxy) is 1. The number of allylic oxidation sites excluding steroid dienone is 1. The van der Waals surface area contributed by atoms with E-state index < -0.39 is 4.92 Å². The lowest BCUT2D eigenvalue weighted by Crippen LogP contribution is -2.00. The first-order valence-electron chi connectivity index (χ1n) is 6.66. The molecule has 24 heavy (non-hydrogen) atoms. The maximum absolute atomic E-state index is 10.9. The molecule has 2 aromatic carbocycles. The summed E-state index contributed by atoms with van der Waals surface area (Å²) >= 11 is 18.8. The quantitative estimate of drug-likeness (QED) is 0.341. The molecule has 2 aromatic rings. The molecule has 2 rings (SSSR count). The van der Waals surface area contributed by atoms with Crippen LogP contribution in [0.3, 0.4) is 0 Å². The molecular weight excluding hydrogens is 485 g/mol. The van der Waals surface area contributed by atoms with Gasteiger partial charge in [0.2, 0.25) is 5.70 Å². The molecule has 4 nitrogen and oxygen atoms in total. The van der Waals surface area contributed by atoms with Crippen molar-refractivity contribution in [2.24, 2.45) is 0 Å². The van der Waals surface area contributed by atoms with Gasteiger partial charge < -0.3 is 4.74 Å². The van der Waals surface area contributed by atoms with Crippen LogP contribution in [0.1, 0.15) is 18.1 Å². The Morgan fingerprint density at radius 2 is 2.00 bits per heavy atom. The van der Waals surface area contributed by atoms with E-state index >= 15 is 0 Å². The van der Waals surface area contributed by atoms with Crippen molar-refractivity contribution in [2.75, 3.05) is 0 Å². The molecule has 0 atom stereocenters. The molecule has 0 fully saturated rings. The van der Waals surface area contributed by atoms with E-state index in [1.54, 1.807) is 30.3 Å². The van der Waals surface area contributed by atoms with Gasteiger partial charge in [0, 0.05) is 38.6 Å². The van der Waals surface area contributed by atoms with Crippen molar-refractivity contribution in [3.05, 3.63) is 76.3 Å². The van der Waals surface area contributed by atoms with Crippen molar-refractivity contribution in [2.45, 2.75) is 13.5 Å². The van der Waals surface area contributed by atoms with Gasteiger partial charge in [0.15, 0.2) is 0 Å². The summed E-state index contributed by atoms with van der Waals surface area (Å²) in [4.78, 5) is 10.4. The van der Waals surface area contributed by atoms with Gasteiger partial charge in [0.25, 0.3) is 0 Å². The normalized spacial score (nSPS) is 11.5. The predicted molar refractivity (Wildman–Crippen MR) is 103 cm³/mol. The molecule has 0 N–H and O–H groups in total. The Morgan fingerprint density at radius 1 is 1.29 bits per heavy atom.